The number of nitrogens with zero attached hydrogens (tertiary/aromatic N) is 3. The molecule has 0 amide bonds. The summed E-state index contributed by atoms with van der Waals surface area (Å²) in [6.45, 7) is 0. The maximum atomic E-state index is 15.4. The highest BCUT2D eigenvalue weighted by Gasteiger charge is 2.47. The van der Waals surface area contributed by atoms with E-state index < -0.39 is 29.6 Å². The number of aliphatic carboxylic acids is 1. The third-order valence-corrected chi connectivity index (χ3v) is 7.11. The normalized spacial score (nSPS) is 24.9. The Bertz CT molecular complexity index is 1360. The van der Waals surface area contributed by atoms with Crippen LogP contribution in [-0.4, -0.2) is 42.3 Å². The van der Waals surface area contributed by atoms with Crippen molar-refractivity contribution < 1.29 is 18.7 Å². The predicted octanol–water partition coefficient (Wildman–Crippen LogP) is 4.08. The van der Waals surface area contributed by atoms with E-state index in [0.717, 1.165) is 31.9 Å². The average molecular weight is 438 g/mol. The number of carboxylic acid groups (broad SMARTS) is 1. The second kappa shape index (κ2) is 6.98. The van der Waals surface area contributed by atoms with Gasteiger partial charge < -0.3 is 15.4 Å². The highest BCUT2D eigenvalue weighted by atomic mass is 19.1. The molecule has 164 valence electrons. The topological polar surface area (TPSA) is 120 Å². The molecule has 0 saturated heterocycles. The van der Waals surface area contributed by atoms with Gasteiger partial charge in [0.15, 0.2) is 11.6 Å². The number of hydrogen-bond donors (Lipinski definition) is 4. The van der Waals surface area contributed by atoms with E-state index in [9.17, 15) is 14.3 Å². The van der Waals surface area contributed by atoms with E-state index in [4.69, 9.17) is 0 Å². The van der Waals surface area contributed by atoms with Gasteiger partial charge in [-0.2, -0.15) is 5.10 Å². The minimum absolute atomic E-state index is 0.0285. The van der Waals surface area contributed by atoms with Crippen molar-refractivity contribution in [3.05, 3.63) is 36.3 Å². The minimum atomic E-state index is -0.863. The fourth-order valence-corrected chi connectivity index (χ4v) is 5.62. The maximum Gasteiger partial charge on any atom is 0.308 e. The largest absolute Gasteiger partial charge is 0.481 e. The molecule has 0 radical (unpaired) electrons. The summed E-state index contributed by atoms with van der Waals surface area (Å²) in [6, 6.07) is 0.941. The van der Waals surface area contributed by atoms with Crippen molar-refractivity contribution in [2.24, 2.45) is 17.8 Å². The van der Waals surface area contributed by atoms with Gasteiger partial charge in [0.2, 0.25) is 0 Å². The number of aromatic amines is 2. The molecule has 4 aromatic rings. The number of H-pyrrole nitrogens is 2. The lowest BCUT2D eigenvalue weighted by molar-refractivity contribution is -0.148. The molecule has 3 fully saturated rings. The van der Waals surface area contributed by atoms with E-state index in [1.165, 1.54) is 12.3 Å². The Kier molecular flexibility index (Phi) is 4.17. The van der Waals surface area contributed by atoms with E-state index in [1.54, 1.807) is 6.20 Å². The summed E-state index contributed by atoms with van der Waals surface area (Å²) in [5, 5.41) is 20.6. The van der Waals surface area contributed by atoms with Crippen molar-refractivity contribution in [2.75, 3.05) is 5.32 Å². The summed E-state index contributed by atoms with van der Waals surface area (Å²) in [5.41, 5.74) is 1.60. The number of carboxylic acids is 1. The Balaban J connectivity index is 1.49. The Morgan fingerprint density at radius 3 is 2.69 bits per heavy atom. The molecule has 4 heterocycles. The molecule has 10 heteroatoms. The Hall–Kier alpha value is -3.56. The lowest BCUT2D eigenvalue weighted by Gasteiger charge is -2.47. The van der Waals surface area contributed by atoms with E-state index in [2.05, 4.69) is 30.5 Å². The number of hydrogen-bond acceptors (Lipinski definition) is 5. The second-order valence-electron chi connectivity index (χ2n) is 8.74. The van der Waals surface area contributed by atoms with Crippen molar-refractivity contribution in [2.45, 2.75) is 31.7 Å². The SMILES string of the molecule is O=C(O)[C@@H]1C(Nc2nc(-c3c[nH]c4ncc(F)cc34)c3cn[nH]c3c2F)[C@H]2CC[C@@H]1CC2. The predicted molar refractivity (Wildman–Crippen MR) is 113 cm³/mol. The van der Waals surface area contributed by atoms with Crippen LogP contribution >= 0.6 is 0 Å². The molecule has 3 aliphatic rings. The molecular formula is C22H20F2N6O2. The number of pyridine rings is 2. The standard InChI is InChI=1S/C22H20F2N6O2/c23-11-5-12-13(7-26-20(12)25-6-11)18-14-8-27-30-19(14)16(24)21(29-18)28-17-10-3-1-9(2-4-10)15(17)22(31)32/h5-10,15,17H,1-4H2,(H,25,26)(H,27,30)(H,28,29)(H,31,32)/t9-,10+,15-,17?/m0/s1. The number of fused-ring (bicyclic) bond motifs is 5. The maximum absolute atomic E-state index is 15.4. The van der Waals surface area contributed by atoms with Crippen LogP contribution in [0.15, 0.2) is 24.7 Å². The summed E-state index contributed by atoms with van der Waals surface area (Å²) in [4.78, 5) is 23.6. The van der Waals surface area contributed by atoms with E-state index >= 15 is 4.39 Å². The number of carbonyl (C=O) groups is 1. The molecule has 1 unspecified atom stereocenters. The zero-order chi connectivity index (χ0) is 22.0. The smallest absolute Gasteiger partial charge is 0.308 e. The zero-order valence-electron chi connectivity index (χ0n) is 16.9. The minimum Gasteiger partial charge on any atom is -0.481 e. The lowest BCUT2D eigenvalue weighted by Crippen LogP contribution is -2.51. The van der Waals surface area contributed by atoms with Crippen LogP contribution in [0.1, 0.15) is 25.7 Å². The number of aromatic nitrogens is 5. The van der Waals surface area contributed by atoms with E-state index in [0.29, 0.717) is 27.7 Å². The lowest BCUT2D eigenvalue weighted by atomic mass is 9.61. The molecule has 32 heavy (non-hydrogen) atoms. The van der Waals surface area contributed by atoms with Gasteiger partial charge in [0.1, 0.15) is 17.0 Å². The van der Waals surface area contributed by atoms with Gasteiger partial charge >= 0.3 is 5.97 Å². The highest BCUT2D eigenvalue weighted by molar-refractivity contribution is 6.02. The first-order valence-corrected chi connectivity index (χ1v) is 10.7. The first-order chi connectivity index (χ1) is 15.5. The molecule has 2 atom stereocenters. The molecular weight excluding hydrogens is 418 g/mol. The van der Waals surface area contributed by atoms with Gasteiger partial charge in [0.05, 0.1) is 24.0 Å². The van der Waals surface area contributed by atoms with Crippen LogP contribution in [0.25, 0.3) is 33.2 Å². The third-order valence-electron chi connectivity index (χ3n) is 7.11. The van der Waals surface area contributed by atoms with Crippen LogP contribution in [0.2, 0.25) is 0 Å². The van der Waals surface area contributed by atoms with Crippen LogP contribution in [0.4, 0.5) is 14.6 Å². The quantitative estimate of drug-likeness (QED) is 0.381. The fraction of sp³-hybridized carbons (Fsp3) is 0.364. The summed E-state index contributed by atoms with van der Waals surface area (Å²) in [5.74, 6) is -2.36. The Morgan fingerprint density at radius 1 is 1.12 bits per heavy atom. The first-order valence-electron chi connectivity index (χ1n) is 10.7. The number of halogens is 2. The van der Waals surface area contributed by atoms with Crippen molar-refractivity contribution in [1.82, 2.24) is 25.1 Å². The first kappa shape index (κ1) is 19.1. The van der Waals surface area contributed by atoms with Gasteiger partial charge in [-0.1, -0.05) is 0 Å². The molecule has 0 spiro atoms. The van der Waals surface area contributed by atoms with Crippen LogP contribution in [-0.2, 0) is 4.79 Å². The number of nitrogens with one attached hydrogen (secondary N) is 3. The van der Waals surface area contributed by atoms with Gasteiger partial charge in [0.25, 0.3) is 0 Å². The summed E-state index contributed by atoms with van der Waals surface area (Å²) >= 11 is 0. The molecule has 8 nitrogen and oxygen atoms in total. The summed E-state index contributed by atoms with van der Waals surface area (Å²) < 4.78 is 29.3. The van der Waals surface area contributed by atoms with Crippen molar-refractivity contribution >= 4 is 33.7 Å². The average Bonchev–Trinajstić information content (AvgIpc) is 3.44. The monoisotopic (exact) mass is 438 g/mol. The van der Waals surface area contributed by atoms with Crippen LogP contribution < -0.4 is 5.32 Å². The molecule has 7 rings (SSSR count). The summed E-state index contributed by atoms with van der Waals surface area (Å²) in [7, 11) is 0. The number of rotatable bonds is 4. The molecule has 3 aliphatic carbocycles. The van der Waals surface area contributed by atoms with Crippen LogP contribution in [0, 0.1) is 29.4 Å². The molecule has 0 aliphatic heterocycles. The zero-order valence-corrected chi connectivity index (χ0v) is 16.9. The van der Waals surface area contributed by atoms with Crippen molar-refractivity contribution in [1.29, 1.82) is 0 Å². The van der Waals surface area contributed by atoms with Gasteiger partial charge in [-0.25, -0.2) is 18.7 Å². The van der Waals surface area contributed by atoms with Gasteiger partial charge in [-0.15, -0.1) is 0 Å². The molecule has 4 aromatic heterocycles. The number of anilines is 1. The fourth-order valence-electron chi connectivity index (χ4n) is 5.62. The van der Waals surface area contributed by atoms with E-state index in [1.807, 2.05) is 0 Å². The van der Waals surface area contributed by atoms with Gasteiger partial charge in [-0.3, -0.25) is 9.89 Å². The molecule has 3 saturated carbocycles. The second-order valence-corrected chi connectivity index (χ2v) is 8.74. The molecule has 4 N–H and O–H groups in total. The van der Waals surface area contributed by atoms with Crippen molar-refractivity contribution in [3.63, 3.8) is 0 Å². The van der Waals surface area contributed by atoms with Gasteiger partial charge in [-0.05, 0) is 43.6 Å². The Labute approximate surface area is 180 Å². The third kappa shape index (κ3) is 2.78. The van der Waals surface area contributed by atoms with Gasteiger partial charge in [0, 0.05) is 28.6 Å². The van der Waals surface area contributed by atoms with Crippen LogP contribution in [0.5, 0.6) is 0 Å². The Morgan fingerprint density at radius 2 is 1.91 bits per heavy atom. The molecule has 2 bridgehead atoms. The van der Waals surface area contributed by atoms with Crippen molar-refractivity contribution in [3.8, 4) is 11.3 Å². The highest BCUT2D eigenvalue weighted by Crippen LogP contribution is 2.47. The van der Waals surface area contributed by atoms with E-state index in [-0.39, 0.29) is 23.2 Å². The van der Waals surface area contributed by atoms with Crippen LogP contribution in [0.3, 0.4) is 0 Å². The molecule has 0 aromatic carbocycles. The summed E-state index contributed by atoms with van der Waals surface area (Å²) in [6.07, 6.45) is 7.84.